The maximum atomic E-state index is 11.2. The first-order valence-corrected chi connectivity index (χ1v) is 5.43. The summed E-state index contributed by atoms with van der Waals surface area (Å²) in [5.74, 6) is -0.306. The molecule has 0 spiro atoms. The minimum absolute atomic E-state index is 0.287. The van der Waals surface area contributed by atoms with Crippen molar-refractivity contribution in [3.8, 4) is 0 Å². The van der Waals surface area contributed by atoms with E-state index in [1.54, 1.807) is 12.1 Å². The third-order valence-corrected chi connectivity index (χ3v) is 3.20. The summed E-state index contributed by atoms with van der Waals surface area (Å²) in [5.41, 5.74) is 2.40. The molecular formula is C13H14O3. The zero-order valence-electron chi connectivity index (χ0n) is 9.19. The van der Waals surface area contributed by atoms with Gasteiger partial charge >= 0.3 is 5.97 Å². The second-order valence-corrected chi connectivity index (χ2v) is 4.35. The molecule has 0 heterocycles. The Morgan fingerprint density at radius 3 is 2.69 bits per heavy atom. The number of hydrogen-bond donors (Lipinski definition) is 1. The van der Waals surface area contributed by atoms with Gasteiger partial charge < -0.3 is 5.11 Å². The molecule has 0 aromatic heterocycles. The first-order chi connectivity index (χ1) is 7.58. The van der Waals surface area contributed by atoms with Crippen molar-refractivity contribution in [1.29, 1.82) is 0 Å². The summed E-state index contributed by atoms with van der Waals surface area (Å²) in [6, 6.07) is 5.15. The van der Waals surface area contributed by atoms with Crippen molar-refractivity contribution >= 4 is 11.8 Å². The van der Waals surface area contributed by atoms with Gasteiger partial charge in [0.2, 0.25) is 0 Å². The van der Waals surface area contributed by atoms with Gasteiger partial charge in [0.05, 0.1) is 5.56 Å². The van der Waals surface area contributed by atoms with Crippen LogP contribution in [0.4, 0.5) is 0 Å². The molecule has 3 heteroatoms. The molecule has 0 bridgehead atoms. The summed E-state index contributed by atoms with van der Waals surface area (Å²) >= 11 is 0. The second kappa shape index (κ2) is 4.08. The van der Waals surface area contributed by atoms with Gasteiger partial charge in [-0.2, -0.15) is 0 Å². The largest absolute Gasteiger partial charge is 0.478 e. The lowest BCUT2D eigenvalue weighted by Gasteiger charge is -2.12. The molecule has 0 aliphatic heterocycles. The lowest BCUT2D eigenvalue weighted by Crippen LogP contribution is -2.01. The number of hydrogen-bond acceptors (Lipinski definition) is 2. The normalized spacial score (nSPS) is 20.1. The van der Waals surface area contributed by atoms with Gasteiger partial charge in [0.1, 0.15) is 5.78 Å². The van der Waals surface area contributed by atoms with E-state index in [4.69, 9.17) is 5.11 Å². The number of Topliss-reactive ketones (excluding diaryl/α,β-unsaturated/α-hetero) is 1. The van der Waals surface area contributed by atoms with Gasteiger partial charge in [-0.3, -0.25) is 4.79 Å². The minimum Gasteiger partial charge on any atom is -0.478 e. The SMILES string of the molecule is Cc1cc(C(=O)O)ccc1C1CCC(=O)C1. The maximum Gasteiger partial charge on any atom is 0.335 e. The van der Waals surface area contributed by atoms with Crippen molar-refractivity contribution in [3.63, 3.8) is 0 Å². The number of carboxylic acid groups (broad SMARTS) is 1. The zero-order valence-corrected chi connectivity index (χ0v) is 9.19. The highest BCUT2D eigenvalue weighted by Crippen LogP contribution is 2.34. The van der Waals surface area contributed by atoms with E-state index < -0.39 is 5.97 Å². The van der Waals surface area contributed by atoms with Crippen LogP contribution in [-0.4, -0.2) is 16.9 Å². The Morgan fingerprint density at radius 2 is 2.19 bits per heavy atom. The van der Waals surface area contributed by atoms with Crippen LogP contribution >= 0.6 is 0 Å². The number of ketones is 1. The van der Waals surface area contributed by atoms with Crippen molar-refractivity contribution in [3.05, 3.63) is 34.9 Å². The van der Waals surface area contributed by atoms with Gasteiger partial charge in [-0.05, 0) is 42.5 Å². The fraction of sp³-hybridized carbons (Fsp3) is 0.385. The average Bonchev–Trinajstić information content (AvgIpc) is 2.64. The van der Waals surface area contributed by atoms with Crippen LogP contribution in [-0.2, 0) is 4.79 Å². The fourth-order valence-corrected chi connectivity index (χ4v) is 2.35. The Bertz CT molecular complexity index is 448. The Kier molecular flexibility index (Phi) is 2.77. The van der Waals surface area contributed by atoms with Crippen molar-refractivity contribution in [1.82, 2.24) is 0 Å². The smallest absolute Gasteiger partial charge is 0.335 e. The first kappa shape index (κ1) is 10.9. The molecule has 1 aromatic rings. The number of carbonyl (C=O) groups excluding carboxylic acids is 1. The molecule has 2 rings (SSSR count). The fourth-order valence-electron chi connectivity index (χ4n) is 2.35. The summed E-state index contributed by atoms with van der Waals surface area (Å²) in [7, 11) is 0. The van der Waals surface area contributed by atoms with Gasteiger partial charge in [0, 0.05) is 12.8 Å². The number of carbonyl (C=O) groups is 2. The maximum absolute atomic E-state index is 11.2. The van der Waals surface area contributed by atoms with Crippen LogP contribution in [0.15, 0.2) is 18.2 Å². The molecule has 1 atom stereocenters. The minimum atomic E-state index is -0.905. The first-order valence-electron chi connectivity index (χ1n) is 5.43. The number of aryl methyl sites for hydroxylation is 1. The van der Waals surface area contributed by atoms with Gasteiger partial charge in [-0.1, -0.05) is 6.07 Å². The van der Waals surface area contributed by atoms with Crippen LogP contribution in [0.1, 0.15) is 46.7 Å². The van der Waals surface area contributed by atoms with E-state index in [9.17, 15) is 9.59 Å². The molecule has 0 saturated heterocycles. The van der Waals surface area contributed by atoms with Gasteiger partial charge in [-0.25, -0.2) is 4.79 Å². The number of benzene rings is 1. The molecule has 0 amide bonds. The Morgan fingerprint density at radius 1 is 1.44 bits per heavy atom. The Balaban J connectivity index is 2.29. The van der Waals surface area contributed by atoms with Crippen LogP contribution in [0.2, 0.25) is 0 Å². The molecule has 1 saturated carbocycles. The molecule has 3 nitrogen and oxygen atoms in total. The van der Waals surface area contributed by atoms with E-state index in [0.717, 1.165) is 17.5 Å². The monoisotopic (exact) mass is 218 g/mol. The lowest BCUT2D eigenvalue weighted by atomic mass is 9.92. The van der Waals surface area contributed by atoms with E-state index >= 15 is 0 Å². The predicted octanol–water partition coefficient (Wildman–Crippen LogP) is 2.53. The van der Waals surface area contributed by atoms with Crippen LogP contribution in [0.25, 0.3) is 0 Å². The quantitative estimate of drug-likeness (QED) is 0.829. The summed E-state index contributed by atoms with van der Waals surface area (Å²) in [5, 5.41) is 8.85. The zero-order chi connectivity index (χ0) is 11.7. The second-order valence-electron chi connectivity index (χ2n) is 4.35. The van der Waals surface area contributed by atoms with E-state index in [1.807, 2.05) is 13.0 Å². The van der Waals surface area contributed by atoms with Crippen molar-refractivity contribution < 1.29 is 14.7 Å². The van der Waals surface area contributed by atoms with E-state index in [-0.39, 0.29) is 5.92 Å². The van der Waals surface area contributed by atoms with Gasteiger partial charge in [-0.15, -0.1) is 0 Å². The molecule has 84 valence electrons. The van der Waals surface area contributed by atoms with Crippen LogP contribution in [0, 0.1) is 6.92 Å². The van der Waals surface area contributed by atoms with Crippen molar-refractivity contribution in [2.24, 2.45) is 0 Å². The molecule has 1 aliphatic carbocycles. The predicted molar refractivity (Wildman–Crippen MR) is 59.7 cm³/mol. The third-order valence-electron chi connectivity index (χ3n) is 3.20. The molecule has 16 heavy (non-hydrogen) atoms. The summed E-state index contributed by atoms with van der Waals surface area (Å²) < 4.78 is 0. The molecule has 1 aliphatic rings. The summed E-state index contributed by atoms with van der Waals surface area (Å²) in [4.78, 5) is 22.0. The molecule has 1 aromatic carbocycles. The third kappa shape index (κ3) is 1.98. The van der Waals surface area contributed by atoms with Gasteiger partial charge in [0.25, 0.3) is 0 Å². The van der Waals surface area contributed by atoms with Crippen molar-refractivity contribution in [2.45, 2.75) is 32.1 Å². The lowest BCUT2D eigenvalue weighted by molar-refractivity contribution is -0.117. The van der Waals surface area contributed by atoms with E-state index in [1.165, 1.54) is 0 Å². The van der Waals surface area contributed by atoms with Gasteiger partial charge in [0.15, 0.2) is 0 Å². The Hall–Kier alpha value is -1.64. The number of carboxylic acids is 1. The number of aromatic carboxylic acids is 1. The highest BCUT2D eigenvalue weighted by atomic mass is 16.4. The highest BCUT2D eigenvalue weighted by molar-refractivity contribution is 5.88. The topological polar surface area (TPSA) is 54.4 Å². The summed E-state index contributed by atoms with van der Waals surface area (Å²) in [6.07, 6.45) is 2.16. The van der Waals surface area contributed by atoms with Crippen molar-refractivity contribution in [2.75, 3.05) is 0 Å². The molecule has 1 N–H and O–H groups in total. The van der Waals surface area contributed by atoms with Crippen LogP contribution in [0.5, 0.6) is 0 Å². The highest BCUT2D eigenvalue weighted by Gasteiger charge is 2.24. The van der Waals surface area contributed by atoms with E-state index in [0.29, 0.717) is 24.2 Å². The number of rotatable bonds is 2. The molecule has 1 fully saturated rings. The molecular weight excluding hydrogens is 204 g/mol. The average molecular weight is 218 g/mol. The van der Waals surface area contributed by atoms with Crippen LogP contribution < -0.4 is 0 Å². The van der Waals surface area contributed by atoms with Crippen LogP contribution in [0.3, 0.4) is 0 Å². The Labute approximate surface area is 94.1 Å². The van der Waals surface area contributed by atoms with E-state index in [2.05, 4.69) is 0 Å². The molecule has 0 radical (unpaired) electrons. The summed E-state index contributed by atoms with van der Waals surface area (Å²) in [6.45, 7) is 1.91. The standard InChI is InChI=1S/C13H14O3/c1-8-6-10(13(15)16)3-5-12(8)9-2-4-11(14)7-9/h3,5-6,9H,2,4,7H2,1H3,(H,15,16). The molecule has 1 unspecified atom stereocenters.